The smallest absolute Gasteiger partial charge is 0.248 e. The first kappa shape index (κ1) is 16.2. The Morgan fingerprint density at radius 1 is 1.35 bits per heavy atom. The van der Waals surface area contributed by atoms with Crippen LogP contribution in [0.1, 0.15) is 38.9 Å². The first-order valence-corrected chi connectivity index (χ1v) is 6.78. The molecule has 7 heteroatoms. The quantitative estimate of drug-likeness (QED) is 0.557. The number of carbonyl (C=O) groups excluding carboxylic acids is 1. The minimum absolute atomic E-state index is 0.0249. The SMILES string of the molecule is CCCNc1cc(NCC(O)C(N)=O)nc(C(C)C)n1. The fourth-order valence-electron chi connectivity index (χ4n) is 1.46. The Hall–Kier alpha value is -1.89. The lowest BCUT2D eigenvalue weighted by molar-refractivity contribution is -0.125. The van der Waals surface area contributed by atoms with Gasteiger partial charge in [0.05, 0.1) is 6.54 Å². The van der Waals surface area contributed by atoms with Gasteiger partial charge < -0.3 is 21.5 Å². The molecule has 0 saturated heterocycles. The first-order valence-electron chi connectivity index (χ1n) is 6.78. The van der Waals surface area contributed by atoms with Crippen LogP contribution >= 0.6 is 0 Å². The van der Waals surface area contributed by atoms with Gasteiger partial charge in [-0.1, -0.05) is 20.8 Å². The molecule has 5 N–H and O–H groups in total. The maximum absolute atomic E-state index is 10.8. The molecule has 0 saturated carbocycles. The first-order chi connectivity index (χ1) is 9.43. The molecular formula is C13H23N5O2. The van der Waals surface area contributed by atoms with Gasteiger partial charge in [0, 0.05) is 18.5 Å². The Labute approximate surface area is 119 Å². The highest BCUT2D eigenvalue weighted by atomic mass is 16.3. The van der Waals surface area contributed by atoms with Gasteiger partial charge in [-0.3, -0.25) is 4.79 Å². The average Bonchev–Trinajstić information content (AvgIpc) is 2.42. The monoisotopic (exact) mass is 281 g/mol. The van der Waals surface area contributed by atoms with E-state index in [2.05, 4.69) is 27.5 Å². The number of hydrogen-bond acceptors (Lipinski definition) is 6. The summed E-state index contributed by atoms with van der Waals surface area (Å²) >= 11 is 0. The van der Waals surface area contributed by atoms with Crippen molar-refractivity contribution in [2.24, 2.45) is 5.73 Å². The van der Waals surface area contributed by atoms with E-state index < -0.39 is 12.0 Å². The summed E-state index contributed by atoms with van der Waals surface area (Å²) in [5.74, 6) is 1.39. The Balaban J connectivity index is 2.82. The molecule has 1 aromatic heterocycles. The summed E-state index contributed by atoms with van der Waals surface area (Å²) in [4.78, 5) is 19.6. The summed E-state index contributed by atoms with van der Waals surface area (Å²) < 4.78 is 0. The van der Waals surface area contributed by atoms with Crippen molar-refractivity contribution in [3.05, 3.63) is 11.9 Å². The van der Waals surface area contributed by atoms with Crippen molar-refractivity contribution in [2.75, 3.05) is 23.7 Å². The number of aliphatic hydroxyl groups is 1. The molecule has 112 valence electrons. The molecule has 1 heterocycles. The molecule has 0 aliphatic heterocycles. The molecule has 1 aromatic rings. The maximum Gasteiger partial charge on any atom is 0.248 e. The summed E-state index contributed by atoms with van der Waals surface area (Å²) in [7, 11) is 0. The summed E-state index contributed by atoms with van der Waals surface area (Å²) in [6.07, 6.45) is -0.246. The number of primary amides is 1. The molecule has 1 unspecified atom stereocenters. The van der Waals surface area contributed by atoms with E-state index in [1.54, 1.807) is 6.07 Å². The Morgan fingerprint density at radius 2 is 1.95 bits per heavy atom. The van der Waals surface area contributed by atoms with Crippen molar-refractivity contribution in [3.63, 3.8) is 0 Å². The third kappa shape index (κ3) is 5.00. The molecule has 0 aromatic carbocycles. The Kier molecular flexibility index (Phi) is 6.17. The lowest BCUT2D eigenvalue weighted by Gasteiger charge is -2.13. The maximum atomic E-state index is 10.8. The summed E-state index contributed by atoms with van der Waals surface area (Å²) in [5.41, 5.74) is 5.00. The molecule has 7 nitrogen and oxygen atoms in total. The van der Waals surface area contributed by atoms with Gasteiger partial charge in [-0.25, -0.2) is 9.97 Å². The summed E-state index contributed by atoms with van der Waals surface area (Å²) in [5, 5.41) is 15.5. The number of rotatable bonds is 8. The molecule has 0 aliphatic rings. The number of carbonyl (C=O) groups is 1. The van der Waals surface area contributed by atoms with Gasteiger partial charge in [0.15, 0.2) is 0 Å². The summed E-state index contributed by atoms with van der Waals surface area (Å²) in [6, 6.07) is 1.75. The van der Waals surface area contributed by atoms with Crippen LogP contribution in [-0.2, 0) is 4.79 Å². The van der Waals surface area contributed by atoms with Gasteiger partial charge in [0.2, 0.25) is 5.91 Å². The van der Waals surface area contributed by atoms with Crippen molar-refractivity contribution < 1.29 is 9.90 Å². The van der Waals surface area contributed by atoms with Gasteiger partial charge in [-0.15, -0.1) is 0 Å². The van der Waals surface area contributed by atoms with Crippen LogP contribution in [-0.4, -0.2) is 40.2 Å². The number of amides is 1. The highest BCUT2D eigenvalue weighted by molar-refractivity contribution is 5.79. The predicted molar refractivity (Wildman–Crippen MR) is 78.6 cm³/mol. The molecule has 1 atom stereocenters. The van der Waals surface area contributed by atoms with Gasteiger partial charge in [0.25, 0.3) is 0 Å². The molecule has 0 bridgehead atoms. The Bertz CT molecular complexity index is 450. The zero-order valence-electron chi connectivity index (χ0n) is 12.2. The van der Waals surface area contributed by atoms with E-state index >= 15 is 0 Å². The second kappa shape index (κ2) is 7.64. The second-order valence-electron chi connectivity index (χ2n) is 4.88. The minimum atomic E-state index is -1.24. The number of nitrogens with one attached hydrogen (secondary N) is 2. The van der Waals surface area contributed by atoms with Crippen molar-refractivity contribution in [1.29, 1.82) is 0 Å². The number of nitrogens with two attached hydrogens (primary N) is 1. The van der Waals surface area contributed by atoms with E-state index in [1.165, 1.54) is 0 Å². The topological polar surface area (TPSA) is 113 Å². The molecule has 1 rings (SSSR count). The van der Waals surface area contributed by atoms with E-state index in [4.69, 9.17) is 5.73 Å². The van der Waals surface area contributed by atoms with E-state index in [-0.39, 0.29) is 12.5 Å². The average molecular weight is 281 g/mol. The van der Waals surface area contributed by atoms with Crippen LogP contribution in [0.3, 0.4) is 0 Å². The second-order valence-corrected chi connectivity index (χ2v) is 4.88. The lowest BCUT2D eigenvalue weighted by Crippen LogP contribution is -2.34. The number of anilines is 2. The van der Waals surface area contributed by atoms with Crippen LogP contribution in [0.25, 0.3) is 0 Å². The van der Waals surface area contributed by atoms with Crippen molar-refractivity contribution in [3.8, 4) is 0 Å². The molecule has 0 radical (unpaired) electrons. The molecule has 0 aliphatic carbocycles. The van der Waals surface area contributed by atoms with E-state index in [9.17, 15) is 9.90 Å². The largest absolute Gasteiger partial charge is 0.381 e. The minimum Gasteiger partial charge on any atom is -0.381 e. The zero-order valence-corrected chi connectivity index (χ0v) is 12.2. The number of aromatic nitrogens is 2. The van der Waals surface area contributed by atoms with E-state index in [0.717, 1.165) is 18.8 Å². The van der Waals surface area contributed by atoms with Crippen LogP contribution in [0.15, 0.2) is 6.07 Å². The van der Waals surface area contributed by atoms with E-state index in [1.807, 2.05) is 13.8 Å². The Morgan fingerprint density at radius 3 is 2.45 bits per heavy atom. The van der Waals surface area contributed by atoms with Gasteiger partial charge >= 0.3 is 0 Å². The molecular weight excluding hydrogens is 258 g/mol. The standard InChI is InChI=1S/C13H23N5O2/c1-4-5-15-10-6-11(16-7-9(19)12(14)20)18-13(17-10)8(2)3/h6,8-9,19H,4-5,7H2,1-3H3,(H2,14,20)(H2,15,16,17,18). The molecule has 0 spiro atoms. The van der Waals surface area contributed by atoms with Crippen LogP contribution in [0.4, 0.5) is 11.6 Å². The van der Waals surface area contributed by atoms with Gasteiger partial charge in [-0.05, 0) is 6.42 Å². The third-order valence-corrected chi connectivity index (χ3v) is 2.62. The zero-order chi connectivity index (χ0) is 15.1. The fraction of sp³-hybridized carbons (Fsp3) is 0.615. The van der Waals surface area contributed by atoms with Crippen LogP contribution < -0.4 is 16.4 Å². The lowest BCUT2D eigenvalue weighted by atomic mass is 10.2. The van der Waals surface area contributed by atoms with Crippen LogP contribution in [0.2, 0.25) is 0 Å². The summed E-state index contributed by atoms with van der Waals surface area (Å²) in [6.45, 7) is 6.91. The number of nitrogens with zero attached hydrogens (tertiary/aromatic N) is 2. The molecule has 1 amide bonds. The fourth-order valence-corrected chi connectivity index (χ4v) is 1.46. The van der Waals surface area contributed by atoms with Crippen molar-refractivity contribution in [2.45, 2.75) is 39.2 Å². The predicted octanol–water partition coefficient (Wildman–Crippen LogP) is 0.680. The molecule has 20 heavy (non-hydrogen) atoms. The number of hydrogen-bond donors (Lipinski definition) is 4. The van der Waals surface area contributed by atoms with Gasteiger partial charge in [-0.2, -0.15) is 0 Å². The normalized spacial score (nSPS) is 12.2. The van der Waals surface area contributed by atoms with E-state index in [0.29, 0.717) is 11.6 Å². The van der Waals surface area contributed by atoms with Gasteiger partial charge in [0.1, 0.15) is 23.6 Å². The van der Waals surface area contributed by atoms with Crippen molar-refractivity contribution in [1.82, 2.24) is 9.97 Å². The molecule has 0 fully saturated rings. The van der Waals surface area contributed by atoms with Crippen molar-refractivity contribution >= 4 is 17.5 Å². The highest BCUT2D eigenvalue weighted by Gasteiger charge is 2.12. The highest BCUT2D eigenvalue weighted by Crippen LogP contribution is 2.17. The third-order valence-electron chi connectivity index (χ3n) is 2.62. The van der Waals surface area contributed by atoms with Crippen LogP contribution in [0, 0.1) is 0 Å². The van der Waals surface area contributed by atoms with Crippen LogP contribution in [0.5, 0.6) is 0 Å². The number of aliphatic hydroxyl groups excluding tert-OH is 1.